The Labute approximate surface area is 119 Å². The molecule has 0 spiro atoms. The molecule has 110 valence electrons. The molecule has 1 aliphatic carbocycles. The molecule has 0 atom stereocenters. The van der Waals surface area contributed by atoms with E-state index in [1.807, 2.05) is 6.07 Å². The van der Waals surface area contributed by atoms with Crippen molar-refractivity contribution in [3.8, 4) is 0 Å². The van der Waals surface area contributed by atoms with E-state index in [-0.39, 0.29) is 11.8 Å². The van der Waals surface area contributed by atoms with Crippen LogP contribution in [-0.2, 0) is 22.3 Å². The van der Waals surface area contributed by atoms with E-state index >= 15 is 0 Å². The van der Waals surface area contributed by atoms with E-state index in [1.54, 1.807) is 18.2 Å². The van der Waals surface area contributed by atoms with Crippen LogP contribution in [0.5, 0.6) is 0 Å². The van der Waals surface area contributed by atoms with Gasteiger partial charge in [-0.05, 0) is 31.0 Å². The number of hydrogen-bond donors (Lipinski definition) is 3. The molecule has 0 saturated heterocycles. The van der Waals surface area contributed by atoms with Crippen LogP contribution < -0.4 is 15.4 Å². The summed E-state index contributed by atoms with van der Waals surface area (Å²) in [5.74, 6) is -0.0639. The van der Waals surface area contributed by atoms with Crippen molar-refractivity contribution in [3.05, 3.63) is 35.4 Å². The maximum atomic E-state index is 11.5. The van der Waals surface area contributed by atoms with Crippen molar-refractivity contribution >= 4 is 16.1 Å². The van der Waals surface area contributed by atoms with Crippen molar-refractivity contribution in [2.75, 3.05) is 7.05 Å². The second-order valence-corrected chi connectivity index (χ2v) is 6.81. The van der Waals surface area contributed by atoms with Gasteiger partial charge < -0.3 is 10.6 Å². The standard InChI is InChI=1S/C13H19N3O3S/c1-14-20(18,19)9-11-4-2-3-10(7-11)8-15-13(17)16-12-5-6-12/h2-4,7,12,14H,5-6,8-9H2,1H3,(H2,15,16,17). The van der Waals surface area contributed by atoms with Crippen LogP contribution in [0.4, 0.5) is 4.79 Å². The van der Waals surface area contributed by atoms with Gasteiger partial charge in [0.05, 0.1) is 5.75 Å². The van der Waals surface area contributed by atoms with Gasteiger partial charge in [0.2, 0.25) is 10.0 Å². The molecule has 7 heteroatoms. The normalized spacial score (nSPS) is 14.8. The first kappa shape index (κ1) is 14.8. The average molecular weight is 297 g/mol. The van der Waals surface area contributed by atoms with Crippen molar-refractivity contribution in [2.45, 2.75) is 31.2 Å². The van der Waals surface area contributed by atoms with Crippen LogP contribution in [0.2, 0.25) is 0 Å². The third kappa shape index (κ3) is 4.82. The van der Waals surface area contributed by atoms with Gasteiger partial charge in [-0.15, -0.1) is 0 Å². The molecule has 20 heavy (non-hydrogen) atoms. The fourth-order valence-electron chi connectivity index (χ4n) is 1.77. The van der Waals surface area contributed by atoms with E-state index in [1.165, 1.54) is 7.05 Å². The van der Waals surface area contributed by atoms with E-state index in [4.69, 9.17) is 0 Å². The molecule has 0 unspecified atom stereocenters. The summed E-state index contributed by atoms with van der Waals surface area (Å²) >= 11 is 0. The van der Waals surface area contributed by atoms with Crippen molar-refractivity contribution in [1.82, 2.24) is 15.4 Å². The number of sulfonamides is 1. The van der Waals surface area contributed by atoms with Gasteiger partial charge in [0, 0.05) is 12.6 Å². The van der Waals surface area contributed by atoms with E-state index in [0.717, 1.165) is 18.4 Å². The minimum Gasteiger partial charge on any atom is -0.335 e. The van der Waals surface area contributed by atoms with Crippen molar-refractivity contribution in [3.63, 3.8) is 0 Å². The minimum absolute atomic E-state index is 0.0639. The first-order valence-corrected chi connectivity index (χ1v) is 8.17. The fraction of sp³-hybridized carbons (Fsp3) is 0.462. The number of rotatable bonds is 6. The summed E-state index contributed by atoms with van der Waals surface area (Å²) in [5.41, 5.74) is 1.57. The van der Waals surface area contributed by atoms with Gasteiger partial charge in [-0.3, -0.25) is 0 Å². The Morgan fingerprint density at radius 1 is 1.30 bits per heavy atom. The van der Waals surface area contributed by atoms with E-state index in [2.05, 4.69) is 15.4 Å². The number of hydrogen-bond acceptors (Lipinski definition) is 3. The molecule has 1 fully saturated rings. The molecule has 1 aromatic rings. The summed E-state index contributed by atoms with van der Waals surface area (Å²) in [7, 11) is -1.89. The van der Waals surface area contributed by atoms with Gasteiger partial charge in [0.1, 0.15) is 0 Å². The summed E-state index contributed by atoms with van der Waals surface area (Å²) in [6.07, 6.45) is 2.09. The van der Waals surface area contributed by atoms with Crippen molar-refractivity contribution in [1.29, 1.82) is 0 Å². The van der Waals surface area contributed by atoms with E-state index in [9.17, 15) is 13.2 Å². The number of urea groups is 1. The van der Waals surface area contributed by atoms with Crippen LogP contribution in [0.3, 0.4) is 0 Å². The molecule has 2 amide bonds. The van der Waals surface area contributed by atoms with Gasteiger partial charge in [-0.25, -0.2) is 17.9 Å². The number of carbonyl (C=O) groups excluding carboxylic acids is 1. The highest BCUT2D eigenvalue weighted by Gasteiger charge is 2.22. The smallest absolute Gasteiger partial charge is 0.315 e. The minimum atomic E-state index is -3.28. The summed E-state index contributed by atoms with van der Waals surface area (Å²) in [6.45, 7) is 0.381. The lowest BCUT2D eigenvalue weighted by Crippen LogP contribution is -2.36. The van der Waals surface area contributed by atoms with Gasteiger partial charge in [0.25, 0.3) is 0 Å². The topological polar surface area (TPSA) is 87.3 Å². The average Bonchev–Trinajstić information content (AvgIpc) is 3.20. The highest BCUT2D eigenvalue weighted by molar-refractivity contribution is 7.88. The first-order valence-electron chi connectivity index (χ1n) is 6.52. The van der Waals surface area contributed by atoms with Gasteiger partial charge in [-0.1, -0.05) is 24.3 Å². The van der Waals surface area contributed by atoms with Gasteiger partial charge >= 0.3 is 6.03 Å². The predicted octanol–water partition coefficient (Wildman–Crippen LogP) is 0.697. The molecule has 1 aromatic carbocycles. The Balaban J connectivity index is 1.90. The molecule has 6 nitrogen and oxygen atoms in total. The lowest BCUT2D eigenvalue weighted by atomic mass is 10.1. The summed E-state index contributed by atoms with van der Waals surface area (Å²) < 4.78 is 25.2. The zero-order valence-electron chi connectivity index (χ0n) is 11.3. The fourth-order valence-corrected chi connectivity index (χ4v) is 2.53. The number of benzene rings is 1. The Morgan fingerprint density at radius 3 is 2.65 bits per heavy atom. The predicted molar refractivity (Wildman–Crippen MR) is 76.5 cm³/mol. The maximum Gasteiger partial charge on any atom is 0.315 e. The van der Waals surface area contributed by atoms with Crippen LogP contribution in [0.1, 0.15) is 24.0 Å². The largest absolute Gasteiger partial charge is 0.335 e. The molecular weight excluding hydrogens is 278 g/mol. The van der Waals surface area contributed by atoms with Crippen LogP contribution in [0.25, 0.3) is 0 Å². The van der Waals surface area contributed by atoms with E-state index < -0.39 is 10.0 Å². The third-order valence-electron chi connectivity index (χ3n) is 3.02. The van der Waals surface area contributed by atoms with Gasteiger partial charge in [0.15, 0.2) is 0 Å². The molecule has 0 heterocycles. The quantitative estimate of drug-likeness (QED) is 0.722. The highest BCUT2D eigenvalue weighted by atomic mass is 32.2. The van der Waals surface area contributed by atoms with Crippen LogP contribution in [0.15, 0.2) is 24.3 Å². The van der Waals surface area contributed by atoms with E-state index in [0.29, 0.717) is 18.2 Å². The lowest BCUT2D eigenvalue weighted by Gasteiger charge is -2.08. The molecule has 3 N–H and O–H groups in total. The zero-order valence-corrected chi connectivity index (χ0v) is 12.2. The van der Waals surface area contributed by atoms with Crippen LogP contribution in [-0.4, -0.2) is 27.5 Å². The summed E-state index contributed by atoms with van der Waals surface area (Å²) in [4.78, 5) is 11.5. The van der Waals surface area contributed by atoms with Gasteiger partial charge in [-0.2, -0.15) is 0 Å². The molecule has 1 aliphatic rings. The van der Waals surface area contributed by atoms with Crippen LogP contribution >= 0.6 is 0 Å². The number of amides is 2. The van der Waals surface area contributed by atoms with Crippen molar-refractivity contribution < 1.29 is 13.2 Å². The first-order chi connectivity index (χ1) is 9.48. The summed E-state index contributed by atoms with van der Waals surface area (Å²) in [6, 6.07) is 7.32. The second-order valence-electron chi connectivity index (χ2n) is 4.88. The molecule has 1 saturated carbocycles. The second kappa shape index (κ2) is 6.23. The molecule has 2 rings (SSSR count). The maximum absolute atomic E-state index is 11.5. The molecule has 0 aromatic heterocycles. The Hall–Kier alpha value is -1.60. The SMILES string of the molecule is CNS(=O)(=O)Cc1cccc(CNC(=O)NC2CC2)c1. The molecule has 0 radical (unpaired) electrons. The summed E-state index contributed by atoms with van der Waals surface area (Å²) in [5, 5.41) is 5.59. The highest BCUT2D eigenvalue weighted by Crippen LogP contribution is 2.18. The molecule has 0 bridgehead atoms. The third-order valence-corrected chi connectivity index (χ3v) is 4.36. The Bertz CT molecular complexity index is 582. The Kier molecular flexibility index (Phi) is 4.61. The Morgan fingerprint density at radius 2 is 2.00 bits per heavy atom. The molecule has 0 aliphatic heterocycles. The van der Waals surface area contributed by atoms with Crippen molar-refractivity contribution in [2.24, 2.45) is 0 Å². The van der Waals surface area contributed by atoms with Crippen LogP contribution in [0, 0.1) is 0 Å². The zero-order chi connectivity index (χ0) is 14.6. The monoisotopic (exact) mass is 297 g/mol. The molecular formula is C13H19N3O3S. The lowest BCUT2D eigenvalue weighted by molar-refractivity contribution is 0.240. The number of carbonyl (C=O) groups is 1. The number of nitrogens with one attached hydrogen (secondary N) is 3.